The minimum Gasteiger partial charge on any atom is -0.496 e. The zero-order chi connectivity index (χ0) is 19.0. The fourth-order valence-corrected chi connectivity index (χ4v) is 3.76. The van der Waals surface area contributed by atoms with E-state index in [1.165, 1.54) is 0 Å². The maximum absolute atomic E-state index is 12.5. The third kappa shape index (κ3) is 3.18. The van der Waals surface area contributed by atoms with Crippen LogP contribution in [0.15, 0.2) is 46.9 Å². The molecular weight excluding hydrogens is 340 g/mol. The lowest BCUT2D eigenvalue weighted by atomic mass is 10.0. The van der Waals surface area contributed by atoms with Crippen molar-refractivity contribution in [1.29, 1.82) is 0 Å². The van der Waals surface area contributed by atoms with Crippen LogP contribution in [0.2, 0.25) is 0 Å². The molecule has 27 heavy (non-hydrogen) atoms. The van der Waals surface area contributed by atoms with Gasteiger partial charge in [0, 0.05) is 18.0 Å². The highest BCUT2D eigenvalue weighted by molar-refractivity contribution is 5.83. The van der Waals surface area contributed by atoms with Crippen molar-refractivity contribution in [3.05, 3.63) is 48.4 Å². The van der Waals surface area contributed by atoms with E-state index in [-0.39, 0.29) is 17.9 Å². The topological polar surface area (TPSA) is 55.6 Å². The van der Waals surface area contributed by atoms with Gasteiger partial charge < -0.3 is 14.1 Å². The lowest BCUT2D eigenvalue weighted by Crippen LogP contribution is -2.33. The number of nitrogens with zero attached hydrogens (tertiary/aromatic N) is 2. The van der Waals surface area contributed by atoms with Crippen LogP contribution in [-0.2, 0) is 4.79 Å². The summed E-state index contributed by atoms with van der Waals surface area (Å²) in [4.78, 5) is 19.1. The Morgan fingerprint density at radius 3 is 2.85 bits per heavy atom. The van der Waals surface area contributed by atoms with E-state index < -0.39 is 0 Å². The Morgan fingerprint density at radius 2 is 2.07 bits per heavy atom. The zero-order valence-corrected chi connectivity index (χ0v) is 15.9. The molecule has 0 saturated carbocycles. The zero-order valence-electron chi connectivity index (χ0n) is 15.9. The number of aromatic nitrogens is 1. The van der Waals surface area contributed by atoms with E-state index in [4.69, 9.17) is 14.1 Å². The van der Waals surface area contributed by atoms with Crippen molar-refractivity contribution in [2.45, 2.75) is 32.7 Å². The quantitative estimate of drug-likeness (QED) is 0.666. The van der Waals surface area contributed by atoms with Crippen molar-refractivity contribution in [2.75, 3.05) is 13.7 Å². The van der Waals surface area contributed by atoms with Crippen LogP contribution in [0.25, 0.3) is 22.2 Å². The van der Waals surface area contributed by atoms with Gasteiger partial charge in [0.05, 0.1) is 7.11 Å². The molecule has 1 aliphatic heterocycles. The highest BCUT2D eigenvalue weighted by Gasteiger charge is 2.34. The molecule has 0 bridgehead atoms. The van der Waals surface area contributed by atoms with Crippen LogP contribution in [0.1, 0.15) is 38.6 Å². The summed E-state index contributed by atoms with van der Waals surface area (Å²) in [6.45, 7) is 4.64. The molecule has 1 aromatic heterocycles. The summed E-state index contributed by atoms with van der Waals surface area (Å²) in [5.41, 5.74) is 3.59. The Hall–Kier alpha value is -2.82. The van der Waals surface area contributed by atoms with Gasteiger partial charge in [0.25, 0.3) is 0 Å². The highest BCUT2D eigenvalue weighted by atomic mass is 16.5. The van der Waals surface area contributed by atoms with Crippen molar-refractivity contribution in [3.63, 3.8) is 0 Å². The summed E-state index contributed by atoms with van der Waals surface area (Å²) >= 11 is 0. The van der Waals surface area contributed by atoms with Gasteiger partial charge in [0.1, 0.15) is 17.3 Å². The van der Waals surface area contributed by atoms with Gasteiger partial charge in [-0.1, -0.05) is 38.1 Å². The lowest BCUT2D eigenvalue weighted by Gasteiger charge is -2.24. The third-order valence-corrected chi connectivity index (χ3v) is 5.14. The van der Waals surface area contributed by atoms with Gasteiger partial charge in [-0.15, -0.1) is 0 Å². The van der Waals surface area contributed by atoms with E-state index in [0.29, 0.717) is 5.89 Å². The second-order valence-corrected chi connectivity index (χ2v) is 7.28. The third-order valence-electron chi connectivity index (χ3n) is 5.14. The molecule has 0 N–H and O–H groups in total. The molecule has 0 radical (unpaired) electrons. The number of carbonyl (C=O) groups excluding carboxylic acids is 1. The number of ether oxygens (including phenoxy) is 1. The summed E-state index contributed by atoms with van der Waals surface area (Å²) in [6.07, 6.45) is 1.87. The van der Waals surface area contributed by atoms with E-state index in [2.05, 4.69) is 0 Å². The Bertz CT molecular complexity index is 977. The van der Waals surface area contributed by atoms with Gasteiger partial charge >= 0.3 is 0 Å². The number of oxazole rings is 1. The molecule has 5 nitrogen and oxygen atoms in total. The first-order valence-electron chi connectivity index (χ1n) is 9.43. The summed E-state index contributed by atoms with van der Waals surface area (Å²) in [6, 6.07) is 13.8. The van der Waals surface area contributed by atoms with Crippen molar-refractivity contribution in [3.8, 4) is 16.9 Å². The van der Waals surface area contributed by atoms with Crippen LogP contribution < -0.4 is 4.74 Å². The van der Waals surface area contributed by atoms with E-state index in [9.17, 15) is 4.79 Å². The van der Waals surface area contributed by atoms with Gasteiger partial charge in [0.2, 0.25) is 11.8 Å². The number of carbonyl (C=O) groups is 1. The summed E-state index contributed by atoms with van der Waals surface area (Å²) in [7, 11) is 1.67. The summed E-state index contributed by atoms with van der Waals surface area (Å²) < 4.78 is 11.5. The number of para-hydroxylation sites is 1. The number of rotatable bonds is 4. The van der Waals surface area contributed by atoms with Crippen LogP contribution >= 0.6 is 0 Å². The van der Waals surface area contributed by atoms with Gasteiger partial charge in [-0.05, 0) is 36.6 Å². The first-order chi connectivity index (χ1) is 13.1. The van der Waals surface area contributed by atoms with Crippen molar-refractivity contribution < 1.29 is 13.9 Å². The predicted molar refractivity (Wildman–Crippen MR) is 105 cm³/mol. The number of benzene rings is 2. The molecular formula is C22H24N2O3. The monoisotopic (exact) mass is 364 g/mol. The first-order valence-corrected chi connectivity index (χ1v) is 9.43. The predicted octanol–water partition coefficient (Wildman–Crippen LogP) is 4.82. The minimum absolute atomic E-state index is 0.0212. The molecule has 0 aliphatic carbocycles. The maximum Gasteiger partial charge on any atom is 0.225 e. The molecule has 1 amide bonds. The van der Waals surface area contributed by atoms with Gasteiger partial charge in [-0.2, -0.15) is 0 Å². The fourth-order valence-electron chi connectivity index (χ4n) is 3.76. The molecule has 0 spiro atoms. The van der Waals surface area contributed by atoms with E-state index in [0.717, 1.165) is 47.4 Å². The Labute approximate surface area is 158 Å². The Kier molecular flexibility index (Phi) is 4.60. The van der Waals surface area contributed by atoms with Crippen molar-refractivity contribution in [2.24, 2.45) is 5.92 Å². The van der Waals surface area contributed by atoms with Crippen molar-refractivity contribution in [1.82, 2.24) is 9.88 Å². The van der Waals surface area contributed by atoms with Crippen LogP contribution in [0, 0.1) is 5.92 Å². The molecule has 140 valence electrons. The standard InChI is InChI=1S/C22H24N2O3/c1-14(2)22(25)24-12-6-8-18(24)21-23-17-13-15(10-11-20(17)27-21)16-7-4-5-9-19(16)26-3/h4-5,7,9-11,13-14,18H,6,8,12H2,1-3H3. The van der Waals surface area contributed by atoms with Crippen LogP contribution in [0.3, 0.4) is 0 Å². The van der Waals surface area contributed by atoms with Crippen molar-refractivity contribution >= 4 is 17.0 Å². The molecule has 2 aromatic carbocycles. The summed E-state index contributed by atoms with van der Waals surface area (Å²) in [5, 5.41) is 0. The number of hydrogen-bond acceptors (Lipinski definition) is 4. The fraction of sp³-hybridized carbons (Fsp3) is 0.364. The molecule has 4 rings (SSSR count). The smallest absolute Gasteiger partial charge is 0.225 e. The SMILES string of the molecule is COc1ccccc1-c1ccc2oc(C3CCCN3C(=O)C(C)C)nc2c1. The number of likely N-dealkylation sites (tertiary alicyclic amines) is 1. The number of amides is 1. The number of hydrogen-bond donors (Lipinski definition) is 0. The average molecular weight is 364 g/mol. The highest BCUT2D eigenvalue weighted by Crippen LogP contribution is 2.36. The molecule has 3 aromatic rings. The first kappa shape index (κ1) is 17.6. The van der Waals surface area contributed by atoms with Gasteiger partial charge in [0.15, 0.2) is 5.58 Å². The Balaban J connectivity index is 1.70. The van der Waals surface area contributed by atoms with E-state index >= 15 is 0 Å². The van der Waals surface area contributed by atoms with Crippen LogP contribution in [-0.4, -0.2) is 29.4 Å². The molecule has 1 atom stereocenters. The minimum atomic E-state index is -0.0676. The molecule has 1 aliphatic rings. The van der Waals surface area contributed by atoms with Gasteiger partial charge in [-0.3, -0.25) is 4.79 Å². The molecule has 1 unspecified atom stereocenters. The van der Waals surface area contributed by atoms with Gasteiger partial charge in [-0.25, -0.2) is 4.98 Å². The largest absolute Gasteiger partial charge is 0.496 e. The van der Waals surface area contributed by atoms with Crippen LogP contribution in [0.4, 0.5) is 0 Å². The second-order valence-electron chi connectivity index (χ2n) is 7.28. The number of fused-ring (bicyclic) bond motifs is 1. The van der Waals surface area contributed by atoms with E-state index in [1.807, 2.05) is 61.2 Å². The molecule has 1 saturated heterocycles. The van der Waals surface area contributed by atoms with Crippen LogP contribution in [0.5, 0.6) is 5.75 Å². The summed E-state index contributed by atoms with van der Waals surface area (Å²) in [5.74, 6) is 1.60. The second kappa shape index (κ2) is 7.06. The number of methoxy groups -OCH3 is 1. The molecule has 2 heterocycles. The molecule has 5 heteroatoms. The average Bonchev–Trinajstić information content (AvgIpc) is 3.33. The maximum atomic E-state index is 12.5. The Morgan fingerprint density at radius 1 is 1.26 bits per heavy atom. The normalized spacial score (nSPS) is 17.0. The lowest BCUT2D eigenvalue weighted by molar-refractivity contribution is -0.135. The van der Waals surface area contributed by atoms with E-state index in [1.54, 1.807) is 7.11 Å². The molecule has 1 fully saturated rings.